The fourth-order valence-corrected chi connectivity index (χ4v) is 3.23. The highest BCUT2D eigenvalue weighted by molar-refractivity contribution is 7.99. The first-order valence-electron chi connectivity index (χ1n) is 6.70. The molecular formula is C13H18F3N3S. The van der Waals surface area contributed by atoms with Crippen LogP contribution in [-0.4, -0.2) is 40.3 Å². The Labute approximate surface area is 121 Å². The quantitative estimate of drug-likeness (QED) is 0.629. The van der Waals surface area contributed by atoms with Gasteiger partial charge in [-0.2, -0.15) is 13.2 Å². The van der Waals surface area contributed by atoms with Crippen LogP contribution >= 0.6 is 11.8 Å². The minimum atomic E-state index is -4.40. The van der Waals surface area contributed by atoms with Crippen molar-refractivity contribution in [3.8, 4) is 0 Å². The Kier molecular flexibility index (Phi) is 5.26. The Hall–Kier alpha value is -0.820. The molecule has 0 N–H and O–H groups in total. The van der Waals surface area contributed by atoms with Crippen LogP contribution in [0.25, 0.3) is 0 Å². The third-order valence-corrected chi connectivity index (χ3v) is 4.42. The van der Waals surface area contributed by atoms with Gasteiger partial charge in [0.1, 0.15) is 5.69 Å². The number of aromatic nitrogens is 2. The summed E-state index contributed by atoms with van der Waals surface area (Å²) in [7, 11) is 2.11. The molecule has 1 aliphatic heterocycles. The highest BCUT2D eigenvalue weighted by Gasteiger charge is 2.32. The molecule has 0 aliphatic carbocycles. The van der Waals surface area contributed by atoms with E-state index >= 15 is 0 Å². The number of alkyl halides is 3. The normalized spacial score (nSPS) is 21.1. The van der Waals surface area contributed by atoms with Gasteiger partial charge in [0, 0.05) is 18.0 Å². The van der Waals surface area contributed by atoms with Gasteiger partial charge in [-0.25, -0.2) is 9.97 Å². The average molecular weight is 305 g/mol. The third kappa shape index (κ3) is 4.34. The van der Waals surface area contributed by atoms with Gasteiger partial charge in [-0.3, -0.25) is 0 Å². The Morgan fingerprint density at radius 2 is 2.20 bits per heavy atom. The summed E-state index contributed by atoms with van der Waals surface area (Å²) >= 11 is 1.30. The Balaban J connectivity index is 1.85. The lowest BCUT2D eigenvalue weighted by Crippen LogP contribution is -2.36. The van der Waals surface area contributed by atoms with E-state index in [1.165, 1.54) is 37.2 Å². The molecule has 0 amide bonds. The first-order chi connectivity index (χ1) is 9.47. The lowest BCUT2D eigenvalue weighted by Gasteiger charge is -2.32. The minimum Gasteiger partial charge on any atom is -0.303 e. The van der Waals surface area contributed by atoms with Crippen LogP contribution in [0.15, 0.2) is 17.4 Å². The summed E-state index contributed by atoms with van der Waals surface area (Å²) in [4.78, 5) is 9.78. The van der Waals surface area contributed by atoms with Crippen LogP contribution < -0.4 is 0 Å². The summed E-state index contributed by atoms with van der Waals surface area (Å²) in [5.74, 6) is 0.746. The zero-order valence-corrected chi connectivity index (χ0v) is 12.2. The second kappa shape index (κ2) is 6.76. The van der Waals surface area contributed by atoms with Crippen molar-refractivity contribution in [3.05, 3.63) is 18.0 Å². The van der Waals surface area contributed by atoms with Crippen molar-refractivity contribution in [2.75, 3.05) is 19.3 Å². The Morgan fingerprint density at radius 3 is 2.90 bits per heavy atom. The molecule has 2 rings (SSSR count). The van der Waals surface area contributed by atoms with E-state index in [9.17, 15) is 13.2 Å². The molecule has 2 heterocycles. The second-order valence-electron chi connectivity index (χ2n) is 4.99. The largest absolute Gasteiger partial charge is 0.433 e. The summed E-state index contributed by atoms with van der Waals surface area (Å²) < 4.78 is 37.6. The first kappa shape index (κ1) is 15.6. The smallest absolute Gasteiger partial charge is 0.303 e. The van der Waals surface area contributed by atoms with Crippen LogP contribution in [-0.2, 0) is 6.18 Å². The van der Waals surface area contributed by atoms with Crippen LogP contribution in [0.3, 0.4) is 0 Å². The third-order valence-electron chi connectivity index (χ3n) is 3.53. The van der Waals surface area contributed by atoms with E-state index in [0.717, 1.165) is 24.8 Å². The molecule has 3 nitrogen and oxygen atoms in total. The molecule has 1 atom stereocenters. The highest BCUT2D eigenvalue weighted by Crippen LogP contribution is 2.29. The number of hydrogen-bond acceptors (Lipinski definition) is 4. The molecule has 0 unspecified atom stereocenters. The molecule has 0 bridgehead atoms. The van der Waals surface area contributed by atoms with Crippen molar-refractivity contribution >= 4 is 11.8 Å². The average Bonchev–Trinajstić information content (AvgIpc) is 2.40. The van der Waals surface area contributed by atoms with Gasteiger partial charge in [-0.1, -0.05) is 18.2 Å². The van der Waals surface area contributed by atoms with Crippen molar-refractivity contribution in [3.63, 3.8) is 0 Å². The molecule has 1 aromatic rings. The zero-order valence-electron chi connectivity index (χ0n) is 11.4. The molecule has 0 spiro atoms. The Bertz CT molecular complexity index is 439. The van der Waals surface area contributed by atoms with Crippen molar-refractivity contribution in [1.82, 2.24) is 14.9 Å². The van der Waals surface area contributed by atoms with Gasteiger partial charge in [-0.05, 0) is 38.9 Å². The number of nitrogens with zero attached hydrogens (tertiary/aromatic N) is 3. The molecule has 1 saturated heterocycles. The maximum Gasteiger partial charge on any atom is 0.433 e. The molecule has 1 aliphatic rings. The van der Waals surface area contributed by atoms with Crippen LogP contribution in [0.2, 0.25) is 0 Å². The summed E-state index contributed by atoms with van der Waals surface area (Å²) in [6.45, 7) is 1.11. The van der Waals surface area contributed by atoms with Crippen molar-refractivity contribution in [2.45, 2.75) is 43.1 Å². The zero-order chi connectivity index (χ0) is 14.6. The maximum atomic E-state index is 12.5. The SMILES string of the molecule is CN1CCCC[C@@H]1CCSc1nccc(C(F)(F)F)n1. The van der Waals surface area contributed by atoms with Gasteiger partial charge in [-0.15, -0.1) is 0 Å². The molecule has 1 fully saturated rings. The highest BCUT2D eigenvalue weighted by atomic mass is 32.2. The van der Waals surface area contributed by atoms with Crippen LogP contribution in [0.1, 0.15) is 31.4 Å². The second-order valence-corrected chi connectivity index (χ2v) is 6.05. The van der Waals surface area contributed by atoms with Crippen LogP contribution in [0.5, 0.6) is 0 Å². The van der Waals surface area contributed by atoms with E-state index in [-0.39, 0.29) is 5.16 Å². The minimum absolute atomic E-state index is 0.207. The molecule has 0 radical (unpaired) electrons. The molecule has 7 heteroatoms. The topological polar surface area (TPSA) is 29.0 Å². The number of rotatable bonds is 4. The predicted octanol–water partition coefficient (Wildman–Crippen LogP) is 3.46. The predicted molar refractivity (Wildman–Crippen MR) is 72.6 cm³/mol. The van der Waals surface area contributed by atoms with E-state index in [1.54, 1.807) is 0 Å². The van der Waals surface area contributed by atoms with Gasteiger partial charge in [0.25, 0.3) is 0 Å². The van der Waals surface area contributed by atoms with E-state index in [1.807, 2.05) is 0 Å². The van der Waals surface area contributed by atoms with Crippen molar-refractivity contribution < 1.29 is 13.2 Å². The first-order valence-corrected chi connectivity index (χ1v) is 7.68. The fraction of sp³-hybridized carbons (Fsp3) is 0.692. The van der Waals surface area contributed by atoms with Crippen molar-refractivity contribution in [2.24, 2.45) is 0 Å². The number of thioether (sulfide) groups is 1. The van der Waals surface area contributed by atoms with Gasteiger partial charge in [0.15, 0.2) is 5.16 Å². The standard InChI is InChI=1S/C13H18F3N3S/c1-19-8-3-2-4-10(19)6-9-20-12-17-7-5-11(18-12)13(14,15)16/h5,7,10H,2-4,6,8-9H2,1H3/t10-/m1/s1. The summed E-state index contributed by atoms with van der Waals surface area (Å²) in [5.41, 5.74) is -0.871. The molecule has 20 heavy (non-hydrogen) atoms. The van der Waals surface area contributed by atoms with Crippen molar-refractivity contribution in [1.29, 1.82) is 0 Å². The van der Waals surface area contributed by atoms with Gasteiger partial charge in [0.05, 0.1) is 0 Å². The molecule has 112 valence electrons. The van der Waals surface area contributed by atoms with Gasteiger partial charge < -0.3 is 4.90 Å². The van der Waals surface area contributed by atoms with Crippen LogP contribution in [0.4, 0.5) is 13.2 Å². The maximum absolute atomic E-state index is 12.5. The van der Waals surface area contributed by atoms with Gasteiger partial charge in [0.2, 0.25) is 0 Å². The molecule has 0 aromatic carbocycles. The lowest BCUT2D eigenvalue weighted by atomic mass is 10.0. The Morgan fingerprint density at radius 1 is 1.40 bits per heavy atom. The van der Waals surface area contributed by atoms with E-state index < -0.39 is 11.9 Å². The van der Waals surface area contributed by atoms with E-state index in [0.29, 0.717) is 6.04 Å². The monoisotopic (exact) mass is 305 g/mol. The molecule has 0 saturated carbocycles. The summed E-state index contributed by atoms with van der Waals surface area (Å²) in [6.07, 6.45) is 1.37. The van der Waals surface area contributed by atoms with E-state index in [2.05, 4.69) is 21.9 Å². The molecular weight excluding hydrogens is 287 g/mol. The molecule has 1 aromatic heterocycles. The number of piperidine rings is 1. The fourth-order valence-electron chi connectivity index (χ4n) is 2.36. The van der Waals surface area contributed by atoms with E-state index in [4.69, 9.17) is 0 Å². The summed E-state index contributed by atoms with van der Waals surface area (Å²) in [6, 6.07) is 1.43. The van der Waals surface area contributed by atoms with Crippen LogP contribution in [0, 0.1) is 0 Å². The summed E-state index contributed by atoms with van der Waals surface area (Å²) in [5, 5.41) is 0.207. The lowest BCUT2D eigenvalue weighted by molar-refractivity contribution is -0.141. The number of halogens is 3. The number of likely N-dealkylation sites (tertiary alicyclic amines) is 1. The van der Waals surface area contributed by atoms with Gasteiger partial charge >= 0.3 is 6.18 Å². The number of hydrogen-bond donors (Lipinski definition) is 0.